The number of carbonyl (C=O) groups is 1. The van der Waals surface area contributed by atoms with Gasteiger partial charge in [-0.25, -0.2) is 9.18 Å². The molecule has 0 saturated carbocycles. The quantitative estimate of drug-likeness (QED) is 0.710. The summed E-state index contributed by atoms with van der Waals surface area (Å²) in [5.74, 6) is -1.77. The molecule has 0 aliphatic heterocycles. The summed E-state index contributed by atoms with van der Waals surface area (Å²) in [7, 11) is 0. The third-order valence-corrected chi connectivity index (χ3v) is 2.59. The maximum atomic E-state index is 13.6. The zero-order valence-corrected chi connectivity index (χ0v) is 10.0. The molecule has 100 valence electrons. The van der Waals surface area contributed by atoms with Crippen molar-refractivity contribution in [2.45, 2.75) is 6.54 Å². The Bertz CT molecular complexity index is 584. The topological polar surface area (TPSA) is 93.2 Å². The maximum absolute atomic E-state index is 13.6. The molecule has 0 fully saturated rings. The number of aromatic nitrogens is 2. The molecule has 0 aliphatic rings. The molecule has 0 spiro atoms. The standard InChI is InChI=1S/C12H13FN4O2/c13-9-7-10(14)8(12(18)19)6-11(9)15-3-5-17-4-1-2-16-17/h1-2,4,6-7,15H,3,5,14H2,(H,18,19). The van der Waals surface area contributed by atoms with Crippen LogP contribution in [0.4, 0.5) is 15.8 Å². The minimum absolute atomic E-state index is 0.0948. The normalized spacial score (nSPS) is 10.4. The van der Waals surface area contributed by atoms with Crippen LogP contribution in [0.15, 0.2) is 30.6 Å². The fourth-order valence-corrected chi connectivity index (χ4v) is 1.65. The summed E-state index contributed by atoms with van der Waals surface area (Å²) in [6.45, 7) is 0.959. The van der Waals surface area contributed by atoms with E-state index in [1.54, 1.807) is 23.1 Å². The lowest BCUT2D eigenvalue weighted by atomic mass is 10.1. The second-order valence-electron chi connectivity index (χ2n) is 3.92. The lowest BCUT2D eigenvalue weighted by Crippen LogP contribution is -2.13. The van der Waals surface area contributed by atoms with Crippen LogP contribution in [0.1, 0.15) is 10.4 Å². The molecule has 1 aromatic carbocycles. The molecule has 0 atom stereocenters. The van der Waals surface area contributed by atoms with Gasteiger partial charge >= 0.3 is 5.97 Å². The van der Waals surface area contributed by atoms with Gasteiger partial charge in [0.2, 0.25) is 0 Å². The molecular formula is C12H13FN4O2. The van der Waals surface area contributed by atoms with Crippen LogP contribution in [0, 0.1) is 5.82 Å². The number of nitrogens with zero attached hydrogens (tertiary/aromatic N) is 2. The average molecular weight is 264 g/mol. The Labute approximate surface area is 108 Å². The van der Waals surface area contributed by atoms with E-state index in [1.807, 2.05) is 0 Å². The van der Waals surface area contributed by atoms with Gasteiger partial charge in [0.25, 0.3) is 0 Å². The molecule has 2 aromatic rings. The first-order chi connectivity index (χ1) is 9.08. The largest absolute Gasteiger partial charge is 0.478 e. The van der Waals surface area contributed by atoms with Gasteiger partial charge in [-0.3, -0.25) is 4.68 Å². The fraction of sp³-hybridized carbons (Fsp3) is 0.167. The lowest BCUT2D eigenvalue weighted by molar-refractivity contribution is 0.0698. The molecule has 0 unspecified atom stereocenters. The first kappa shape index (κ1) is 12.9. The number of hydrogen-bond acceptors (Lipinski definition) is 4. The monoisotopic (exact) mass is 264 g/mol. The Balaban J connectivity index is 2.07. The average Bonchev–Trinajstić information content (AvgIpc) is 2.84. The van der Waals surface area contributed by atoms with Gasteiger partial charge in [0.05, 0.1) is 17.8 Å². The molecular weight excluding hydrogens is 251 g/mol. The van der Waals surface area contributed by atoms with Crippen LogP contribution in [0.3, 0.4) is 0 Å². The number of carboxylic acids is 1. The number of nitrogen functional groups attached to an aromatic ring is 1. The highest BCUT2D eigenvalue weighted by molar-refractivity contribution is 5.94. The second-order valence-corrected chi connectivity index (χ2v) is 3.92. The third kappa shape index (κ3) is 3.01. The van der Waals surface area contributed by atoms with E-state index in [-0.39, 0.29) is 16.9 Å². The highest BCUT2D eigenvalue weighted by atomic mass is 19.1. The van der Waals surface area contributed by atoms with Crippen molar-refractivity contribution in [2.75, 3.05) is 17.6 Å². The van der Waals surface area contributed by atoms with Crippen LogP contribution in [0.25, 0.3) is 0 Å². The molecule has 0 aliphatic carbocycles. The summed E-state index contributed by atoms with van der Waals surface area (Å²) in [6, 6.07) is 3.97. The Hall–Kier alpha value is -2.57. The number of benzene rings is 1. The predicted octanol–water partition coefficient (Wildman–Crippen LogP) is 1.41. The van der Waals surface area contributed by atoms with E-state index in [4.69, 9.17) is 10.8 Å². The molecule has 1 heterocycles. The predicted molar refractivity (Wildman–Crippen MR) is 68.5 cm³/mol. The summed E-state index contributed by atoms with van der Waals surface area (Å²) in [5, 5.41) is 15.7. The summed E-state index contributed by atoms with van der Waals surface area (Å²) in [5.41, 5.74) is 5.33. The van der Waals surface area contributed by atoms with E-state index >= 15 is 0 Å². The Morgan fingerprint density at radius 3 is 2.95 bits per heavy atom. The van der Waals surface area contributed by atoms with Gasteiger partial charge in [-0.1, -0.05) is 0 Å². The first-order valence-corrected chi connectivity index (χ1v) is 5.61. The maximum Gasteiger partial charge on any atom is 0.337 e. The van der Waals surface area contributed by atoms with Crippen LogP contribution in [-0.2, 0) is 6.54 Å². The number of halogens is 1. The van der Waals surface area contributed by atoms with Crippen LogP contribution in [-0.4, -0.2) is 27.4 Å². The van der Waals surface area contributed by atoms with Gasteiger partial charge in [0, 0.05) is 24.6 Å². The number of rotatable bonds is 5. The van der Waals surface area contributed by atoms with Crippen molar-refractivity contribution in [3.63, 3.8) is 0 Å². The van der Waals surface area contributed by atoms with Gasteiger partial charge < -0.3 is 16.2 Å². The van der Waals surface area contributed by atoms with Crippen LogP contribution >= 0.6 is 0 Å². The molecule has 0 radical (unpaired) electrons. The van der Waals surface area contributed by atoms with Gasteiger partial charge in [-0.2, -0.15) is 5.10 Å². The van der Waals surface area contributed by atoms with Crippen molar-refractivity contribution in [3.05, 3.63) is 42.0 Å². The molecule has 0 amide bonds. The zero-order valence-electron chi connectivity index (χ0n) is 10.0. The second kappa shape index (κ2) is 5.38. The Morgan fingerprint density at radius 2 is 2.32 bits per heavy atom. The molecule has 1 aromatic heterocycles. The van der Waals surface area contributed by atoms with E-state index in [0.29, 0.717) is 13.1 Å². The van der Waals surface area contributed by atoms with Crippen molar-refractivity contribution in [1.82, 2.24) is 9.78 Å². The van der Waals surface area contributed by atoms with Gasteiger partial charge in [-0.15, -0.1) is 0 Å². The van der Waals surface area contributed by atoms with Crippen molar-refractivity contribution in [2.24, 2.45) is 0 Å². The fourth-order valence-electron chi connectivity index (χ4n) is 1.65. The lowest BCUT2D eigenvalue weighted by Gasteiger charge is -2.10. The van der Waals surface area contributed by atoms with Gasteiger partial charge in [0.15, 0.2) is 0 Å². The molecule has 4 N–H and O–H groups in total. The van der Waals surface area contributed by atoms with Gasteiger partial charge in [-0.05, 0) is 18.2 Å². The van der Waals surface area contributed by atoms with Crippen LogP contribution in [0.5, 0.6) is 0 Å². The molecule has 2 rings (SSSR count). The van der Waals surface area contributed by atoms with Crippen molar-refractivity contribution >= 4 is 17.3 Å². The number of aromatic carboxylic acids is 1. The number of nitrogens with one attached hydrogen (secondary N) is 1. The number of nitrogens with two attached hydrogens (primary N) is 1. The SMILES string of the molecule is Nc1cc(F)c(NCCn2cccn2)cc1C(=O)O. The summed E-state index contributed by atoms with van der Waals surface area (Å²) in [4.78, 5) is 10.9. The highest BCUT2D eigenvalue weighted by Crippen LogP contribution is 2.22. The van der Waals surface area contributed by atoms with Crippen LogP contribution < -0.4 is 11.1 Å². The molecule has 6 nitrogen and oxygen atoms in total. The Kier molecular flexibility index (Phi) is 3.65. The van der Waals surface area contributed by atoms with Crippen molar-refractivity contribution in [3.8, 4) is 0 Å². The van der Waals surface area contributed by atoms with E-state index in [0.717, 1.165) is 6.07 Å². The minimum Gasteiger partial charge on any atom is -0.478 e. The number of carboxylic acid groups (broad SMARTS) is 1. The van der Waals surface area contributed by atoms with Gasteiger partial charge in [0.1, 0.15) is 5.82 Å². The smallest absolute Gasteiger partial charge is 0.337 e. The molecule has 19 heavy (non-hydrogen) atoms. The third-order valence-electron chi connectivity index (χ3n) is 2.59. The molecule has 0 bridgehead atoms. The number of anilines is 2. The number of hydrogen-bond donors (Lipinski definition) is 3. The van der Waals surface area contributed by atoms with Crippen LogP contribution in [0.2, 0.25) is 0 Å². The van der Waals surface area contributed by atoms with Crippen molar-refractivity contribution < 1.29 is 14.3 Å². The van der Waals surface area contributed by atoms with E-state index < -0.39 is 11.8 Å². The van der Waals surface area contributed by atoms with Crippen molar-refractivity contribution in [1.29, 1.82) is 0 Å². The molecule has 0 saturated heterocycles. The molecule has 7 heteroatoms. The highest BCUT2D eigenvalue weighted by Gasteiger charge is 2.12. The first-order valence-electron chi connectivity index (χ1n) is 5.61. The van der Waals surface area contributed by atoms with E-state index in [9.17, 15) is 9.18 Å². The zero-order chi connectivity index (χ0) is 13.8. The summed E-state index contributed by atoms with van der Waals surface area (Å²) < 4.78 is 15.3. The Morgan fingerprint density at radius 1 is 1.53 bits per heavy atom. The van der Waals surface area contributed by atoms with E-state index in [2.05, 4.69) is 10.4 Å². The summed E-state index contributed by atoms with van der Waals surface area (Å²) in [6.07, 6.45) is 3.43. The van der Waals surface area contributed by atoms with E-state index in [1.165, 1.54) is 6.07 Å². The summed E-state index contributed by atoms with van der Waals surface area (Å²) >= 11 is 0. The minimum atomic E-state index is -1.19.